The second-order valence-electron chi connectivity index (χ2n) is 9.50. The van der Waals surface area contributed by atoms with Crippen molar-refractivity contribution in [3.8, 4) is 0 Å². The Balaban J connectivity index is 1.44. The van der Waals surface area contributed by atoms with Crippen molar-refractivity contribution in [2.45, 2.75) is 67.2 Å². The van der Waals surface area contributed by atoms with Crippen molar-refractivity contribution in [2.24, 2.45) is 5.92 Å². The lowest BCUT2D eigenvalue weighted by atomic mass is 10.0. The predicted molar refractivity (Wildman–Crippen MR) is 117 cm³/mol. The van der Waals surface area contributed by atoms with Crippen LogP contribution in [-0.4, -0.2) is 78.9 Å². The van der Waals surface area contributed by atoms with Crippen LogP contribution in [0.2, 0.25) is 5.02 Å². The van der Waals surface area contributed by atoms with Crippen LogP contribution < -0.4 is 0 Å². The number of likely N-dealkylation sites (tertiary alicyclic amines) is 1. The average Bonchev–Trinajstić information content (AvgIpc) is 3.68. The first-order valence-electron chi connectivity index (χ1n) is 11.3. The van der Waals surface area contributed by atoms with Gasteiger partial charge >= 0.3 is 6.09 Å². The van der Waals surface area contributed by atoms with Crippen LogP contribution in [0.5, 0.6) is 0 Å². The van der Waals surface area contributed by atoms with E-state index in [0.29, 0.717) is 43.4 Å². The summed E-state index contributed by atoms with van der Waals surface area (Å²) in [4.78, 5) is 14.5. The Bertz CT molecular complexity index is 963. The minimum Gasteiger partial charge on any atom is -0.441 e. The van der Waals surface area contributed by atoms with E-state index in [4.69, 9.17) is 21.1 Å². The van der Waals surface area contributed by atoms with Crippen LogP contribution >= 0.6 is 11.6 Å². The summed E-state index contributed by atoms with van der Waals surface area (Å²) in [5, 5.41) is 10.2. The van der Waals surface area contributed by atoms with Gasteiger partial charge in [-0.3, -0.25) is 0 Å². The molecule has 2 aliphatic carbocycles. The number of β-amino-alcohol motifs (C(OH)–C–C–N with tert-alkyl or cyclic N) is 1. The summed E-state index contributed by atoms with van der Waals surface area (Å²) in [6.45, 7) is 1.20. The highest BCUT2D eigenvalue weighted by Gasteiger charge is 2.60. The number of sulfonamides is 1. The Morgan fingerprint density at radius 2 is 1.91 bits per heavy atom. The van der Waals surface area contributed by atoms with Crippen molar-refractivity contribution >= 4 is 27.7 Å². The fraction of sp³-hybridized carbons (Fsp3) is 0.682. The molecule has 0 bridgehead atoms. The maximum Gasteiger partial charge on any atom is 0.410 e. The monoisotopic (exact) mass is 484 g/mol. The number of nitrogens with zero attached hydrogens (tertiary/aromatic N) is 2. The highest BCUT2D eigenvalue weighted by Crippen LogP contribution is 2.49. The quantitative estimate of drug-likeness (QED) is 0.666. The lowest BCUT2D eigenvalue weighted by Crippen LogP contribution is -2.61. The van der Waals surface area contributed by atoms with Gasteiger partial charge in [-0.1, -0.05) is 24.4 Å². The Hall–Kier alpha value is -1.39. The number of hydrogen-bond donors (Lipinski definition) is 1. The topological polar surface area (TPSA) is 96.4 Å². The molecule has 0 spiro atoms. The summed E-state index contributed by atoms with van der Waals surface area (Å²) in [5.41, 5.74) is -0.896. The number of morpholine rings is 1. The fourth-order valence-electron chi connectivity index (χ4n) is 4.88. The van der Waals surface area contributed by atoms with Gasteiger partial charge in [-0.25, -0.2) is 13.2 Å². The zero-order chi connectivity index (χ0) is 22.5. The molecule has 4 aliphatic rings. The van der Waals surface area contributed by atoms with Gasteiger partial charge in [0.2, 0.25) is 10.0 Å². The Kier molecular flexibility index (Phi) is 5.90. The van der Waals surface area contributed by atoms with Gasteiger partial charge < -0.3 is 19.5 Å². The number of aliphatic hydroxyl groups is 1. The van der Waals surface area contributed by atoms with Gasteiger partial charge in [-0.2, -0.15) is 4.31 Å². The number of aliphatic hydroxyl groups excluding tert-OH is 1. The summed E-state index contributed by atoms with van der Waals surface area (Å²) >= 11 is 5.99. The summed E-state index contributed by atoms with van der Waals surface area (Å²) in [6.07, 6.45) is 3.62. The molecule has 2 saturated heterocycles. The fourth-order valence-corrected chi connectivity index (χ4v) is 6.85. The molecule has 5 rings (SSSR count). The molecule has 0 unspecified atom stereocenters. The van der Waals surface area contributed by atoms with Gasteiger partial charge in [0, 0.05) is 24.2 Å². The molecule has 32 heavy (non-hydrogen) atoms. The molecule has 0 radical (unpaired) electrons. The van der Waals surface area contributed by atoms with E-state index in [1.54, 1.807) is 16.4 Å². The van der Waals surface area contributed by atoms with Crippen molar-refractivity contribution in [2.75, 3.05) is 26.3 Å². The number of amides is 1. The first-order chi connectivity index (χ1) is 15.3. The van der Waals surface area contributed by atoms with E-state index in [-0.39, 0.29) is 24.1 Å². The minimum absolute atomic E-state index is 0.180. The Labute approximate surface area is 193 Å². The van der Waals surface area contributed by atoms with E-state index in [0.717, 1.165) is 19.3 Å². The number of carbonyl (C=O) groups is 1. The molecule has 8 nitrogen and oxygen atoms in total. The molecule has 10 heteroatoms. The molecule has 2 heterocycles. The first kappa shape index (κ1) is 22.4. The zero-order valence-corrected chi connectivity index (χ0v) is 19.4. The molecule has 4 fully saturated rings. The highest BCUT2D eigenvalue weighted by molar-refractivity contribution is 7.89. The van der Waals surface area contributed by atoms with Crippen molar-refractivity contribution in [3.63, 3.8) is 0 Å². The third kappa shape index (κ3) is 4.37. The number of ether oxygens (including phenoxy) is 2. The van der Waals surface area contributed by atoms with Crippen LogP contribution in [0.25, 0.3) is 0 Å². The molecule has 2 saturated carbocycles. The Morgan fingerprint density at radius 3 is 2.50 bits per heavy atom. The number of benzene rings is 1. The van der Waals surface area contributed by atoms with E-state index < -0.39 is 33.9 Å². The molecular weight excluding hydrogens is 456 g/mol. The highest BCUT2D eigenvalue weighted by atomic mass is 35.5. The van der Waals surface area contributed by atoms with E-state index >= 15 is 0 Å². The minimum atomic E-state index is -3.85. The number of hydrogen-bond acceptors (Lipinski definition) is 6. The van der Waals surface area contributed by atoms with E-state index in [9.17, 15) is 18.3 Å². The van der Waals surface area contributed by atoms with Gasteiger partial charge in [0.25, 0.3) is 0 Å². The van der Waals surface area contributed by atoms with Gasteiger partial charge in [0.1, 0.15) is 5.60 Å². The largest absolute Gasteiger partial charge is 0.441 e. The van der Waals surface area contributed by atoms with Gasteiger partial charge in [-0.15, -0.1) is 0 Å². The van der Waals surface area contributed by atoms with Crippen molar-refractivity contribution in [3.05, 3.63) is 29.3 Å². The molecule has 2 aliphatic heterocycles. The zero-order valence-electron chi connectivity index (χ0n) is 17.9. The third-order valence-electron chi connectivity index (χ3n) is 7.01. The van der Waals surface area contributed by atoms with Crippen molar-refractivity contribution < 1.29 is 27.8 Å². The van der Waals surface area contributed by atoms with Crippen LogP contribution in [0, 0.1) is 5.92 Å². The van der Waals surface area contributed by atoms with Crippen molar-refractivity contribution in [1.29, 1.82) is 0 Å². The van der Waals surface area contributed by atoms with Crippen molar-refractivity contribution in [1.82, 2.24) is 9.21 Å². The second-order valence-corrected chi connectivity index (χ2v) is 11.8. The standard InChI is InChI=1S/C22H29ClN2O6S/c23-16-3-5-19(6-4-16)32(28,29)25-17(11-15-1-2-15)13-30-14-20(25)22(8-9-22)31-21(27)24-10-7-18(26)12-24/h3-6,15,17-18,20,26H,1-2,7-14H2/t17-,18+,20-/m1/s1. The Morgan fingerprint density at radius 1 is 1.19 bits per heavy atom. The molecule has 0 aromatic heterocycles. The van der Waals surface area contributed by atoms with E-state index in [1.807, 2.05) is 0 Å². The second kappa shape index (κ2) is 8.43. The summed E-state index contributed by atoms with van der Waals surface area (Å²) in [7, 11) is -3.85. The summed E-state index contributed by atoms with van der Waals surface area (Å²) in [5.74, 6) is 0.508. The smallest absolute Gasteiger partial charge is 0.410 e. The van der Waals surface area contributed by atoms with E-state index in [2.05, 4.69) is 0 Å². The molecule has 176 valence electrons. The molecule has 1 amide bonds. The maximum absolute atomic E-state index is 13.8. The number of rotatable bonds is 6. The number of carbonyl (C=O) groups excluding carboxylic acids is 1. The number of halogens is 1. The predicted octanol–water partition coefficient (Wildman–Crippen LogP) is 2.63. The summed E-state index contributed by atoms with van der Waals surface area (Å²) in [6, 6.07) is 5.31. The van der Waals surface area contributed by atoms with Crippen LogP contribution in [0.4, 0.5) is 4.79 Å². The normalized spacial score (nSPS) is 30.3. The lowest BCUT2D eigenvalue weighted by molar-refractivity contribution is -0.0730. The lowest BCUT2D eigenvalue weighted by Gasteiger charge is -2.44. The molecule has 1 aromatic rings. The molecular formula is C22H29ClN2O6S. The van der Waals surface area contributed by atoms with Crippen LogP contribution in [-0.2, 0) is 19.5 Å². The molecule has 1 N–H and O–H groups in total. The van der Waals surface area contributed by atoms with E-state index in [1.165, 1.54) is 17.0 Å². The van der Waals surface area contributed by atoms with Gasteiger partial charge in [0.15, 0.2) is 0 Å². The van der Waals surface area contributed by atoms with Gasteiger partial charge in [-0.05, 0) is 55.9 Å². The van der Waals surface area contributed by atoms with Crippen LogP contribution in [0.1, 0.15) is 38.5 Å². The van der Waals surface area contributed by atoms with Crippen LogP contribution in [0.15, 0.2) is 29.2 Å². The third-order valence-corrected chi connectivity index (χ3v) is 9.23. The first-order valence-corrected chi connectivity index (χ1v) is 13.1. The molecule has 3 atom stereocenters. The maximum atomic E-state index is 13.8. The average molecular weight is 485 g/mol. The van der Waals surface area contributed by atoms with Gasteiger partial charge in [0.05, 0.1) is 30.3 Å². The molecule has 1 aromatic carbocycles. The van der Waals surface area contributed by atoms with Crippen LogP contribution in [0.3, 0.4) is 0 Å². The SMILES string of the molecule is O=C(OC1([C@H]2COC[C@@H](CC3CC3)N2S(=O)(=O)c2ccc(Cl)cc2)CC1)N1CC[C@H](O)C1. The summed E-state index contributed by atoms with van der Waals surface area (Å²) < 4.78 is 41.0.